The minimum absolute atomic E-state index is 0.0773. The lowest BCUT2D eigenvalue weighted by atomic mass is 9.34. The van der Waals surface area contributed by atoms with E-state index in [0.29, 0.717) is 0 Å². The van der Waals surface area contributed by atoms with E-state index >= 15 is 0 Å². The highest BCUT2D eigenvalue weighted by molar-refractivity contribution is 6.98. The van der Waals surface area contributed by atoms with Crippen LogP contribution in [-0.4, -0.2) is 15.8 Å². The molecule has 10 aromatic carbocycles. The van der Waals surface area contributed by atoms with Gasteiger partial charge in [0.2, 0.25) is 6.71 Å². The Bertz CT molecular complexity index is 3830. The number of nitrogens with zero attached hydrogens (tertiary/aromatic N) is 3. The summed E-state index contributed by atoms with van der Waals surface area (Å²) >= 11 is 0. The van der Waals surface area contributed by atoms with Gasteiger partial charge in [0.05, 0.1) is 33.2 Å². The topological polar surface area (TPSA) is 13.1 Å². The van der Waals surface area contributed by atoms with Crippen molar-refractivity contribution in [1.82, 2.24) is 9.13 Å². The summed E-state index contributed by atoms with van der Waals surface area (Å²) in [6, 6.07) is 86.7. The second-order valence-corrected chi connectivity index (χ2v) is 18.0. The third kappa shape index (κ3) is 4.46. The first kappa shape index (κ1) is 35.2. The predicted octanol–water partition coefficient (Wildman–Crippen LogP) is 12.9. The van der Waals surface area contributed by atoms with Crippen molar-refractivity contribution in [3.8, 4) is 22.5 Å². The molecule has 0 N–H and O–H groups in total. The fraction of sp³-hybridized carbons (Fsp3) is 0.0164. The molecule has 0 fully saturated rings. The average molecular weight is 824 g/mol. The van der Waals surface area contributed by atoms with Gasteiger partial charge in [-0.05, 0) is 105 Å². The summed E-state index contributed by atoms with van der Waals surface area (Å²) in [6.07, 6.45) is 0. The average Bonchev–Trinajstić information content (AvgIpc) is 4.00. The quantitative estimate of drug-likeness (QED) is 0.162. The second-order valence-electron chi connectivity index (χ2n) is 18.0. The van der Waals surface area contributed by atoms with Crippen LogP contribution in [0.2, 0.25) is 0 Å². The van der Waals surface area contributed by atoms with Crippen LogP contribution in [0.4, 0.5) is 17.1 Å². The molecule has 0 bridgehead atoms. The third-order valence-electron chi connectivity index (χ3n) is 14.9. The highest BCUT2D eigenvalue weighted by Crippen LogP contribution is 2.63. The van der Waals surface area contributed by atoms with E-state index in [1.54, 1.807) is 0 Å². The zero-order chi connectivity index (χ0) is 42.4. The monoisotopic (exact) mass is 823 g/mol. The van der Waals surface area contributed by atoms with Gasteiger partial charge in [-0.15, -0.1) is 0 Å². The minimum atomic E-state index is -0.583. The van der Waals surface area contributed by atoms with Gasteiger partial charge < -0.3 is 14.0 Å². The SMILES string of the molecule is c1ccc(B2c3cc(-n4c5ccccc5c5ccccc54)ccc3N3c4ccccc4C4(c5ccccc5-c5ccccc54)c4cc(-n5c6ccccc6c6ccccc65)cc2c43)cc1. The third-order valence-corrected chi connectivity index (χ3v) is 14.9. The highest BCUT2D eigenvalue weighted by atomic mass is 15.2. The molecule has 2 aliphatic heterocycles. The van der Waals surface area contributed by atoms with E-state index in [0.717, 1.165) is 5.69 Å². The van der Waals surface area contributed by atoms with Gasteiger partial charge in [-0.2, -0.15) is 0 Å². The number of benzene rings is 10. The van der Waals surface area contributed by atoms with Crippen molar-refractivity contribution in [1.29, 1.82) is 0 Å². The molecule has 1 aliphatic carbocycles. The molecular formula is C61H38BN3. The number of hydrogen-bond acceptors (Lipinski definition) is 1. The van der Waals surface area contributed by atoms with Crippen LogP contribution in [0.15, 0.2) is 231 Å². The van der Waals surface area contributed by atoms with Crippen LogP contribution in [0, 0.1) is 0 Å². The number of anilines is 3. The molecule has 0 saturated heterocycles. The van der Waals surface area contributed by atoms with Crippen molar-refractivity contribution in [3.63, 3.8) is 0 Å². The Morgan fingerprint density at radius 3 is 1.37 bits per heavy atom. The Kier molecular flexibility index (Phi) is 6.96. The molecule has 3 aliphatic rings. The first-order valence-electron chi connectivity index (χ1n) is 22.7. The molecular weight excluding hydrogens is 786 g/mol. The minimum Gasteiger partial charge on any atom is -0.311 e. The second kappa shape index (κ2) is 12.9. The van der Waals surface area contributed by atoms with E-state index < -0.39 is 5.41 Å². The Morgan fingerprint density at radius 1 is 0.323 bits per heavy atom. The lowest BCUT2D eigenvalue weighted by Gasteiger charge is -2.49. The molecule has 15 rings (SSSR count). The number of hydrogen-bond donors (Lipinski definition) is 0. The Morgan fingerprint density at radius 2 is 0.785 bits per heavy atom. The van der Waals surface area contributed by atoms with Crippen LogP contribution in [0.1, 0.15) is 22.3 Å². The smallest absolute Gasteiger partial charge is 0.246 e. The summed E-state index contributed by atoms with van der Waals surface area (Å²) in [5, 5.41) is 5.04. The summed E-state index contributed by atoms with van der Waals surface area (Å²) in [4.78, 5) is 2.62. The Labute approximate surface area is 376 Å². The van der Waals surface area contributed by atoms with E-state index in [2.05, 4.69) is 245 Å². The fourth-order valence-corrected chi connectivity index (χ4v) is 12.5. The summed E-state index contributed by atoms with van der Waals surface area (Å²) in [5.74, 6) is 0. The zero-order valence-corrected chi connectivity index (χ0v) is 35.4. The highest BCUT2D eigenvalue weighted by Gasteiger charge is 2.54. The molecule has 0 unspecified atom stereocenters. The summed E-state index contributed by atoms with van der Waals surface area (Å²) in [5.41, 5.74) is 22.0. The molecule has 2 aromatic heterocycles. The molecule has 0 radical (unpaired) electrons. The molecule has 1 spiro atoms. The number of aromatic nitrogens is 2. The van der Waals surface area contributed by atoms with Crippen LogP contribution in [0.3, 0.4) is 0 Å². The van der Waals surface area contributed by atoms with Crippen molar-refractivity contribution in [2.24, 2.45) is 0 Å². The van der Waals surface area contributed by atoms with E-state index in [1.807, 2.05) is 0 Å². The van der Waals surface area contributed by atoms with E-state index in [9.17, 15) is 0 Å². The van der Waals surface area contributed by atoms with E-state index in [1.165, 1.54) is 116 Å². The molecule has 65 heavy (non-hydrogen) atoms. The van der Waals surface area contributed by atoms with E-state index in [-0.39, 0.29) is 6.71 Å². The lowest BCUT2D eigenvalue weighted by molar-refractivity contribution is 0.752. The van der Waals surface area contributed by atoms with Crippen molar-refractivity contribution in [3.05, 3.63) is 253 Å². The maximum atomic E-state index is 2.62. The van der Waals surface area contributed by atoms with Crippen LogP contribution < -0.4 is 21.3 Å². The van der Waals surface area contributed by atoms with Gasteiger partial charge in [0.15, 0.2) is 0 Å². The van der Waals surface area contributed by atoms with Gasteiger partial charge in [-0.1, -0.05) is 175 Å². The van der Waals surface area contributed by atoms with Gasteiger partial charge in [0.1, 0.15) is 0 Å². The summed E-state index contributed by atoms with van der Waals surface area (Å²) in [7, 11) is 0. The molecule has 4 heteroatoms. The van der Waals surface area contributed by atoms with Gasteiger partial charge in [-0.3, -0.25) is 0 Å². The number of rotatable bonds is 3. The molecule has 3 nitrogen and oxygen atoms in total. The van der Waals surface area contributed by atoms with Crippen LogP contribution >= 0.6 is 0 Å². The molecule has 300 valence electrons. The maximum absolute atomic E-state index is 2.62. The normalized spacial score (nSPS) is 13.9. The molecule has 0 atom stereocenters. The van der Waals surface area contributed by atoms with Gasteiger partial charge in [-0.25, -0.2) is 0 Å². The first-order chi connectivity index (χ1) is 32.3. The standard InChI is InChI=1S/C61H38BN3/c1-2-18-39(19-3-1)62-52-37-40(63-54-29-13-6-22-44(54)45-23-7-14-30-55(45)63)34-35-59(52)65-58-33-17-12-28-50(58)61(48-26-10-4-20-42(48)43-21-5-11-27-49(43)61)51-36-41(38-53(62)60(51)65)64-56-31-15-8-24-46(56)47-25-9-16-32-57(47)64/h1-38H. The van der Waals surface area contributed by atoms with Crippen molar-refractivity contribution >= 4 is 83.8 Å². The Balaban J connectivity index is 1.12. The molecule has 0 amide bonds. The number of para-hydroxylation sites is 5. The summed E-state index contributed by atoms with van der Waals surface area (Å²) < 4.78 is 4.99. The molecule has 12 aromatic rings. The Hall–Kier alpha value is -8.34. The maximum Gasteiger partial charge on any atom is 0.246 e. The largest absolute Gasteiger partial charge is 0.311 e. The van der Waals surface area contributed by atoms with E-state index in [4.69, 9.17) is 0 Å². The van der Waals surface area contributed by atoms with Gasteiger partial charge >= 0.3 is 0 Å². The van der Waals surface area contributed by atoms with Gasteiger partial charge in [0.25, 0.3) is 0 Å². The molecule has 0 saturated carbocycles. The van der Waals surface area contributed by atoms with Crippen molar-refractivity contribution < 1.29 is 0 Å². The first-order valence-corrected chi connectivity index (χ1v) is 22.7. The molecule has 4 heterocycles. The van der Waals surface area contributed by atoms with Gasteiger partial charge in [0, 0.05) is 44.3 Å². The van der Waals surface area contributed by atoms with Crippen LogP contribution in [0.5, 0.6) is 0 Å². The summed E-state index contributed by atoms with van der Waals surface area (Å²) in [6.45, 7) is -0.0773. The van der Waals surface area contributed by atoms with Crippen LogP contribution in [-0.2, 0) is 5.41 Å². The zero-order valence-electron chi connectivity index (χ0n) is 35.4. The fourth-order valence-electron chi connectivity index (χ4n) is 12.5. The van der Waals surface area contributed by atoms with Crippen LogP contribution in [0.25, 0.3) is 66.1 Å². The lowest BCUT2D eigenvalue weighted by Crippen LogP contribution is -2.59. The van der Waals surface area contributed by atoms with Crippen molar-refractivity contribution in [2.45, 2.75) is 5.41 Å². The number of fused-ring (bicyclic) bond motifs is 17. The predicted molar refractivity (Wildman–Crippen MR) is 272 cm³/mol. The van der Waals surface area contributed by atoms with Crippen molar-refractivity contribution in [2.75, 3.05) is 4.90 Å².